The van der Waals surface area contributed by atoms with Crippen LogP contribution in [0, 0.1) is 0 Å². The van der Waals surface area contributed by atoms with Gasteiger partial charge in [-0.3, -0.25) is 17.9 Å². The average Bonchev–Trinajstić information content (AvgIpc) is 4.09. The molecule has 0 saturated heterocycles. The number of aromatic nitrogens is 6. The fraction of sp³-hybridized carbons (Fsp3) is 0. The Bertz CT molecular complexity index is 3740. The van der Waals surface area contributed by atoms with Crippen LogP contribution in [-0.4, -0.2) is 27.9 Å². The molecular formula is C56H37N7. The van der Waals surface area contributed by atoms with Crippen molar-refractivity contribution in [2.45, 2.75) is 0 Å². The molecule has 0 unspecified atom stereocenters. The molecule has 13 aromatic rings. The van der Waals surface area contributed by atoms with Gasteiger partial charge in [-0.05, 0) is 125 Å². The zero-order chi connectivity index (χ0) is 41.4. The minimum Gasteiger partial charge on any atom is -0.311 e. The fourth-order valence-corrected chi connectivity index (χ4v) is 9.45. The fourth-order valence-electron chi connectivity index (χ4n) is 9.45. The van der Waals surface area contributed by atoms with Gasteiger partial charge in [-0.1, -0.05) is 121 Å². The third-order valence-electron chi connectivity index (χ3n) is 12.4. The third-order valence-corrected chi connectivity index (χ3v) is 12.4. The van der Waals surface area contributed by atoms with Gasteiger partial charge in [0.05, 0.1) is 49.8 Å². The van der Waals surface area contributed by atoms with E-state index in [9.17, 15) is 0 Å². The predicted octanol–water partition coefficient (Wildman–Crippen LogP) is 14.0. The Labute approximate surface area is 362 Å². The van der Waals surface area contributed by atoms with Crippen molar-refractivity contribution in [1.82, 2.24) is 27.9 Å². The molecule has 0 aliphatic heterocycles. The van der Waals surface area contributed by atoms with E-state index in [0.717, 1.165) is 84.1 Å². The molecule has 7 nitrogen and oxygen atoms in total. The first kappa shape index (κ1) is 35.1. The first-order valence-corrected chi connectivity index (χ1v) is 21.3. The van der Waals surface area contributed by atoms with E-state index >= 15 is 0 Å². The van der Waals surface area contributed by atoms with Gasteiger partial charge in [-0.2, -0.15) is 0 Å². The molecule has 63 heavy (non-hydrogen) atoms. The molecule has 0 atom stereocenters. The molecular weight excluding hydrogens is 771 g/mol. The highest BCUT2D eigenvalue weighted by Gasteiger charge is 2.22. The van der Waals surface area contributed by atoms with Crippen LogP contribution >= 0.6 is 0 Å². The number of hydrogen-bond donors (Lipinski definition) is 0. The van der Waals surface area contributed by atoms with Gasteiger partial charge in [0.25, 0.3) is 0 Å². The minimum absolute atomic E-state index is 0.856. The lowest BCUT2D eigenvalue weighted by Gasteiger charge is -2.26. The number of rotatable bonds is 7. The summed E-state index contributed by atoms with van der Waals surface area (Å²) < 4.78 is 9.12. The summed E-state index contributed by atoms with van der Waals surface area (Å²) in [6.45, 7) is 0. The van der Waals surface area contributed by atoms with E-state index in [1.807, 2.05) is 6.07 Å². The van der Waals surface area contributed by atoms with Gasteiger partial charge < -0.3 is 4.90 Å². The molecule has 0 aliphatic rings. The smallest absolute Gasteiger partial charge is 0.220 e. The van der Waals surface area contributed by atoms with E-state index in [1.165, 1.54) is 22.3 Å². The molecule has 0 amide bonds. The van der Waals surface area contributed by atoms with Crippen LogP contribution in [-0.2, 0) is 0 Å². The van der Waals surface area contributed by atoms with E-state index in [0.29, 0.717) is 0 Å². The van der Waals surface area contributed by atoms with Crippen LogP contribution in [0.5, 0.6) is 0 Å². The van der Waals surface area contributed by atoms with Crippen molar-refractivity contribution in [3.63, 3.8) is 0 Å². The molecule has 0 spiro atoms. The molecule has 0 saturated carbocycles. The minimum atomic E-state index is 0.856. The highest BCUT2D eigenvalue weighted by atomic mass is 15.2. The van der Waals surface area contributed by atoms with Crippen molar-refractivity contribution >= 4 is 72.8 Å². The van der Waals surface area contributed by atoms with Crippen LogP contribution in [0.15, 0.2) is 224 Å². The van der Waals surface area contributed by atoms with E-state index in [-0.39, 0.29) is 0 Å². The standard InChI is InChI=1S/C56H37N7/c1-3-13-38(14-4-1)40-23-27-42(28-24-40)59(43-29-25-41(26-30-43)39-15-5-2-6-16-39)44-31-33-45(34-32-44)60-53-36-35-46(37-54(53)63-50-20-10-8-18-48(50)57-55(60)63)61-51-21-11-12-22-52(51)62-49-19-9-7-17-47(49)58-56(61)62/h1-37H. The summed E-state index contributed by atoms with van der Waals surface area (Å²) in [6.07, 6.45) is 0. The van der Waals surface area contributed by atoms with Crippen molar-refractivity contribution in [2.75, 3.05) is 4.90 Å². The van der Waals surface area contributed by atoms with Gasteiger partial charge in [0.2, 0.25) is 11.6 Å². The predicted molar refractivity (Wildman–Crippen MR) is 258 cm³/mol. The number of benzene rings is 9. The molecule has 4 heterocycles. The lowest BCUT2D eigenvalue weighted by molar-refractivity contribution is 1.10. The highest BCUT2D eigenvalue weighted by molar-refractivity contribution is 5.96. The SMILES string of the molecule is c1ccc(-c2ccc(N(c3ccc(-c4ccccc4)cc3)c3ccc(-n4c5ccc(-n6c7ccccc7n7c8ccccc8nc67)cc5n5c6ccccc6nc45)cc3)cc2)cc1. The van der Waals surface area contributed by atoms with Crippen LogP contribution < -0.4 is 4.90 Å². The maximum Gasteiger partial charge on any atom is 0.220 e. The Hall–Kier alpha value is -8.68. The second kappa shape index (κ2) is 13.9. The topological polar surface area (TPSA) is 47.7 Å². The van der Waals surface area contributed by atoms with Gasteiger partial charge in [0, 0.05) is 22.7 Å². The van der Waals surface area contributed by atoms with Crippen molar-refractivity contribution in [2.24, 2.45) is 0 Å². The average molecular weight is 808 g/mol. The lowest BCUT2D eigenvalue weighted by Crippen LogP contribution is -2.10. The van der Waals surface area contributed by atoms with Crippen molar-refractivity contribution in [1.29, 1.82) is 0 Å². The van der Waals surface area contributed by atoms with Crippen LogP contribution in [0.3, 0.4) is 0 Å². The first-order valence-electron chi connectivity index (χ1n) is 21.3. The molecule has 7 heteroatoms. The first-order chi connectivity index (χ1) is 31.2. The molecule has 0 aliphatic carbocycles. The maximum absolute atomic E-state index is 5.26. The molecule has 0 N–H and O–H groups in total. The van der Waals surface area contributed by atoms with Crippen LogP contribution in [0.4, 0.5) is 17.1 Å². The molecule has 0 bridgehead atoms. The molecule has 296 valence electrons. The van der Waals surface area contributed by atoms with Crippen LogP contribution in [0.2, 0.25) is 0 Å². The summed E-state index contributed by atoms with van der Waals surface area (Å²) in [6, 6.07) is 79.6. The second-order valence-corrected chi connectivity index (χ2v) is 16.0. The van der Waals surface area contributed by atoms with Crippen molar-refractivity contribution < 1.29 is 0 Å². The van der Waals surface area contributed by atoms with Crippen molar-refractivity contribution in [3.8, 4) is 33.6 Å². The van der Waals surface area contributed by atoms with Crippen LogP contribution in [0.25, 0.3) is 89.3 Å². The summed E-state index contributed by atoms with van der Waals surface area (Å²) in [5, 5.41) is 0. The Morgan fingerprint density at radius 2 is 0.667 bits per heavy atom. The summed E-state index contributed by atoms with van der Waals surface area (Å²) in [4.78, 5) is 12.8. The summed E-state index contributed by atoms with van der Waals surface area (Å²) in [5.74, 6) is 1.74. The van der Waals surface area contributed by atoms with Gasteiger partial charge >= 0.3 is 0 Å². The van der Waals surface area contributed by atoms with E-state index < -0.39 is 0 Å². The number of fused-ring (bicyclic) bond motifs is 10. The van der Waals surface area contributed by atoms with Gasteiger partial charge in [-0.25, -0.2) is 9.97 Å². The lowest BCUT2D eigenvalue weighted by atomic mass is 10.0. The Kier molecular flexibility index (Phi) is 7.77. The maximum atomic E-state index is 5.26. The number of nitrogens with zero attached hydrogens (tertiary/aromatic N) is 7. The largest absolute Gasteiger partial charge is 0.311 e. The molecule has 0 radical (unpaired) electrons. The third kappa shape index (κ3) is 5.53. The molecule has 13 rings (SSSR count). The quantitative estimate of drug-likeness (QED) is 0.161. The van der Waals surface area contributed by atoms with E-state index in [4.69, 9.17) is 9.97 Å². The molecule has 4 aromatic heterocycles. The monoisotopic (exact) mass is 807 g/mol. The Balaban J connectivity index is 0.958. The normalized spacial score (nSPS) is 11.8. The molecule has 0 fully saturated rings. The zero-order valence-electron chi connectivity index (χ0n) is 34.0. The van der Waals surface area contributed by atoms with E-state index in [1.54, 1.807) is 0 Å². The van der Waals surface area contributed by atoms with E-state index in [2.05, 4.69) is 241 Å². The summed E-state index contributed by atoms with van der Waals surface area (Å²) in [7, 11) is 0. The Morgan fingerprint density at radius 1 is 0.286 bits per heavy atom. The number of hydrogen-bond acceptors (Lipinski definition) is 3. The number of para-hydroxylation sites is 6. The summed E-state index contributed by atoms with van der Waals surface area (Å²) >= 11 is 0. The second-order valence-electron chi connectivity index (χ2n) is 16.0. The van der Waals surface area contributed by atoms with Gasteiger partial charge in [-0.15, -0.1) is 0 Å². The number of imidazole rings is 4. The highest BCUT2D eigenvalue weighted by Crippen LogP contribution is 2.39. The van der Waals surface area contributed by atoms with Crippen LogP contribution in [0.1, 0.15) is 0 Å². The van der Waals surface area contributed by atoms with Gasteiger partial charge in [0.1, 0.15) is 0 Å². The molecule has 9 aromatic carbocycles. The van der Waals surface area contributed by atoms with Gasteiger partial charge in [0.15, 0.2) is 0 Å². The Morgan fingerprint density at radius 3 is 1.21 bits per heavy atom. The summed E-state index contributed by atoms with van der Waals surface area (Å²) in [5.41, 5.74) is 18.4. The number of anilines is 3. The zero-order valence-corrected chi connectivity index (χ0v) is 34.0. The van der Waals surface area contributed by atoms with Crippen molar-refractivity contribution in [3.05, 3.63) is 224 Å².